The van der Waals surface area contributed by atoms with Gasteiger partial charge in [0.1, 0.15) is 11.5 Å². The predicted molar refractivity (Wildman–Crippen MR) is 53.7 cm³/mol. The van der Waals surface area contributed by atoms with Crippen LogP contribution in [0.5, 0.6) is 11.5 Å². The van der Waals surface area contributed by atoms with Crippen molar-refractivity contribution >= 4 is 6.21 Å². The Balaban J connectivity index is 3.24. The summed E-state index contributed by atoms with van der Waals surface area (Å²) in [4.78, 5) is 0. The molecular formula is C10H13NO3. The summed E-state index contributed by atoms with van der Waals surface area (Å²) in [5, 5.41) is 11.4. The van der Waals surface area contributed by atoms with Crippen LogP contribution in [0.4, 0.5) is 0 Å². The van der Waals surface area contributed by atoms with Gasteiger partial charge in [0.2, 0.25) is 0 Å². The summed E-state index contributed by atoms with van der Waals surface area (Å²) in [6.07, 6.45) is 1.31. The molecule has 0 aliphatic heterocycles. The maximum atomic E-state index is 8.45. The van der Waals surface area contributed by atoms with Gasteiger partial charge in [-0.25, -0.2) is 0 Å². The van der Waals surface area contributed by atoms with E-state index in [4.69, 9.17) is 14.7 Å². The average Bonchev–Trinajstić information content (AvgIpc) is 2.20. The van der Waals surface area contributed by atoms with E-state index in [1.54, 1.807) is 20.3 Å². The number of nitrogens with zero attached hydrogens (tertiary/aromatic N) is 1. The Hall–Kier alpha value is -1.71. The van der Waals surface area contributed by atoms with Crippen LogP contribution in [0.15, 0.2) is 17.3 Å². The third-order valence-corrected chi connectivity index (χ3v) is 1.94. The van der Waals surface area contributed by atoms with Gasteiger partial charge in [-0.3, -0.25) is 0 Å². The first-order chi connectivity index (χ1) is 6.72. The molecule has 1 rings (SSSR count). The summed E-state index contributed by atoms with van der Waals surface area (Å²) in [6.45, 7) is 1.92. The molecular weight excluding hydrogens is 182 g/mol. The molecule has 0 aliphatic rings. The first-order valence-electron chi connectivity index (χ1n) is 4.13. The molecule has 0 bridgehead atoms. The molecule has 4 heteroatoms. The van der Waals surface area contributed by atoms with Gasteiger partial charge >= 0.3 is 0 Å². The SMILES string of the molecule is COc1cc(/C=N/O)c(OC)cc1C. The monoisotopic (exact) mass is 195 g/mol. The molecule has 0 aliphatic carbocycles. The van der Waals surface area contributed by atoms with Gasteiger partial charge < -0.3 is 14.7 Å². The second-order valence-electron chi connectivity index (χ2n) is 2.81. The fraction of sp³-hybridized carbons (Fsp3) is 0.300. The lowest BCUT2D eigenvalue weighted by molar-refractivity contribution is 0.321. The third-order valence-electron chi connectivity index (χ3n) is 1.94. The van der Waals surface area contributed by atoms with Crippen LogP contribution in [-0.2, 0) is 0 Å². The highest BCUT2D eigenvalue weighted by molar-refractivity contribution is 5.84. The van der Waals surface area contributed by atoms with E-state index >= 15 is 0 Å². The van der Waals surface area contributed by atoms with Crippen molar-refractivity contribution in [2.75, 3.05) is 14.2 Å². The molecule has 0 atom stereocenters. The number of hydrogen-bond donors (Lipinski definition) is 1. The highest BCUT2D eigenvalue weighted by atomic mass is 16.5. The van der Waals surface area contributed by atoms with Crippen LogP contribution >= 0.6 is 0 Å². The van der Waals surface area contributed by atoms with E-state index < -0.39 is 0 Å². The molecule has 0 saturated carbocycles. The van der Waals surface area contributed by atoms with E-state index in [1.807, 2.05) is 13.0 Å². The molecule has 1 aromatic carbocycles. The van der Waals surface area contributed by atoms with Gasteiger partial charge in [0.15, 0.2) is 0 Å². The fourth-order valence-electron chi connectivity index (χ4n) is 1.24. The van der Waals surface area contributed by atoms with Gasteiger partial charge in [0, 0.05) is 5.56 Å². The van der Waals surface area contributed by atoms with Crippen LogP contribution in [-0.4, -0.2) is 25.6 Å². The van der Waals surface area contributed by atoms with Gasteiger partial charge in [0.05, 0.1) is 20.4 Å². The Morgan fingerprint density at radius 2 is 1.86 bits per heavy atom. The number of hydrogen-bond acceptors (Lipinski definition) is 4. The van der Waals surface area contributed by atoms with E-state index in [9.17, 15) is 0 Å². The van der Waals surface area contributed by atoms with Crippen molar-refractivity contribution in [3.8, 4) is 11.5 Å². The first kappa shape index (κ1) is 10.4. The molecule has 0 aromatic heterocycles. The van der Waals surface area contributed by atoms with E-state index in [0.29, 0.717) is 11.3 Å². The minimum atomic E-state index is 0.654. The molecule has 1 aromatic rings. The maximum Gasteiger partial charge on any atom is 0.128 e. The lowest BCUT2D eigenvalue weighted by Crippen LogP contribution is -1.95. The number of oxime groups is 1. The van der Waals surface area contributed by atoms with E-state index in [-0.39, 0.29) is 0 Å². The second-order valence-corrected chi connectivity index (χ2v) is 2.81. The van der Waals surface area contributed by atoms with Crippen molar-refractivity contribution in [1.82, 2.24) is 0 Å². The van der Waals surface area contributed by atoms with Crippen molar-refractivity contribution in [2.45, 2.75) is 6.92 Å². The Bertz CT molecular complexity index is 347. The molecule has 4 nitrogen and oxygen atoms in total. The largest absolute Gasteiger partial charge is 0.496 e. The van der Waals surface area contributed by atoms with Gasteiger partial charge in [-0.15, -0.1) is 0 Å². The molecule has 0 saturated heterocycles. The normalized spacial score (nSPS) is 10.5. The van der Waals surface area contributed by atoms with Gasteiger partial charge in [-0.2, -0.15) is 0 Å². The van der Waals surface area contributed by atoms with Crippen LogP contribution in [0.1, 0.15) is 11.1 Å². The summed E-state index contributed by atoms with van der Waals surface area (Å²) in [6, 6.07) is 3.59. The summed E-state index contributed by atoms with van der Waals surface area (Å²) >= 11 is 0. The Morgan fingerprint density at radius 1 is 1.21 bits per heavy atom. The second kappa shape index (κ2) is 4.50. The number of benzene rings is 1. The number of rotatable bonds is 3. The molecule has 0 fully saturated rings. The quantitative estimate of drug-likeness (QED) is 0.454. The smallest absolute Gasteiger partial charge is 0.128 e. The average molecular weight is 195 g/mol. The molecule has 0 spiro atoms. The molecule has 0 amide bonds. The summed E-state index contributed by atoms with van der Waals surface area (Å²) in [5.41, 5.74) is 1.65. The van der Waals surface area contributed by atoms with E-state index in [0.717, 1.165) is 11.3 Å². The van der Waals surface area contributed by atoms with Crippen LogP contribution in [0, 0.1) is 6.92 Å². The lowest BCUT2D eigenvalue weighted by Gasteiger charge is -2.09. The Labute approximate surface area is 82.8 Å². The highest BCUT2D eigenvalue weighted by Crippen LogP contribution is 2.26. The number of methoxy groups -OCH3 is 2. The van der Waals surface area contributed by atoms with Crippen LogP contribution in [0.3, 0.4) is 0 Å². The zero-order valence-electron chi connectivity index (χ0n) is 8.44. The minimum absolute atomic E-state index is 0.654. The predicted octanol–water partition coefficient (Wildman–Crippen LogP) is 1.82. The summed E-state index contributed by atoms with van der Waals surface area (Å²) in [7, 11) is 3.16. The van der Waals surface area contributed by atoms with Gasteiger partial charge in [-0.1, -0.05) is 5.16 Å². The lowest BCUT2D eigenvalue weighted by atomic mass is 10.1. The van der Waals surface area contributed by atoms with Crippen molar-refractivity contribution in [3.05, 3.63) is 23.3 Å². The fourth-order valence-corrected chi connectivity index (χ4v) is 1.24. The summed E-state index contributed by atoms with van der Waals surface area (Å²) in [5.74, 6) is 1.39. The topological polar surface area (TPSA) is 51.0 Å². The zero-order chi connectivity index (χ0) is 10.6. The van der Waals surface area contributed by atoms with Crippen molar-refractivity contribution in [1.29, 1.82) is 0 Å². The standard InChI is InChI=1S/C10H13NO3/c1-7-4-10(14-3)8(6-11-12)5-9(7)13-2/h4-6,12H,1-3H3/b11-6+. The molecule has 0 radical (unpaired) electrons. The van der Waals surface area contributed by atoms with Crippen LogP contribution in [0.2, 0.25) is 0 Å². The first-order valence-corrected chi connectivity index (χ1v) is 4.13. The molecule has 76 valence electrons. The van der Waals surface area contributed by atoms with Crippen molar-refractivity contribution in [3.63, 3.8) is 0 Å². The van der Waals surface area contributed by atoms with Crippen molar-refractivity contribution in [2.24, 2.45) is 5.16 Å². The van der Waals surface area contributed by atoms with Gasteiger partial charge in [-0.05, 0) is 24.6 Å². The molecule has 0 heterocycles. The zero-order valence-corrected chi connectivity index (χ0v) is 8.44. The van der Waals surface area contributed by atoms with Crippen LogP contribution in [0.25, 0.3) is 0 Å². The van der Waals surface area contributed by atoms with E-state index in [2.05, 4.69) is 5.16 Å². The Kier molecular flexibility index (Phi) is 3.34. The molecule has 14 heavy (non-hydrogen) atoms. The molecule has 1 N–H and O–H groups in total. The Morgan fingerprint density at radius 3 is 2.36 bits per heavy atom. The maximum absolute atomic E-state index is 8.45. The third kappa shape index (κ3) is 1.96. The summed E-state index contributed by atoms with van der Waals surface area (Å²) < 4.78 is 10.3. The number of ether oxygens (including phenoxy) is 2. The van der Waals surface area contributed by atoms with E-state index in [1.165, 1.54) is 6.21 Å². The van der Waals surface area contributed by atoms with Crippen LogP contribution < -0.4 is 9.47 Å². The highest BCUT2D eigenvalue weighted by Gasteiger charge is 2.06. The van der Waals surface area contributed by atoms with Gasteiger partial charge in [0.25, 0.3) is 0 Å². The minimum Gasteiger partial charge on any atom is -0.496 e. The number of aryl methyl sites for hydroxylation is 1. The molecule has 0 unspecified atom stereocenters. The van der Waals surface area contributed by atoms with Crippen molar-refractivity contribution < 1.29 is 14.7 Å².